The van der Waals surface area contributed by atoms with E-state index in [1.54, 1.807) is 19.9 Å². The second-order valence-electron chi connectivity index (χ2n) is 3.30. The van der Waals surface area contributed by atoms with Gasteiger partial charge in [-0.25, -0.2) is 0 Å². The van der Waals surface area contributed by atoms with Crippen LogP contribution in [0.2, 0.25) is 0 Å². The number of nitrogens with zero attached hydrogens (tertiary/aromatic N) is 2. The lowest BCUT2D eigenvalue weighted by Crippen LogP contribution is -2.29. The minimum atomic E-state index is -1.12. The van der Waals surface area contributed by atoms with Crippen molar-refractivity contribution in [2.45, 2.75) is 20.4 Å². The zero-order valence-corrected chi connectivity index (χ0v) is 10.3. The van der Waals surface area contributed by atoms with E-state index in [0.29, 0.717) is 15.7 Å². The van der Waals surface area contributed by atoms with Crippen LogP contribution in [0, 0.1) is 25.2 Å². The van der Waals surface area contributed by atoms with E-state index in [1.165, 1.54) is 0 Å². The largest absolute Gasteiger partial charge is 0.480 e. The number of hydrogen-bond donors (Lipinski definition) is 1. The molecule has 16 heavy (non-hydrogen) atoms. The highest BCUT2D eigenvalue weighted by Gasteiger charge is 2.16. The lowest BCUT2D eigenvalue weighted by molar-refractivity contribution is -0.137. The number of carboxylic acid groups (broad SMARTS) is 1. The van der Waals surface area contributed by atoms with Crippen LogP contribution in [-0.2, 0) is 11.3 Å². The number of carboxylic acids is 1. The maximum Gasteiger partial charge on any atom is 0.323 e. The monoisotopic (exact) mass is 284 g/mol. The van der Waals surface area contributed by atoms with Crippen LogP contribution < -0.4 is 5.56 Å². The molecule has 1 aromatic rings. The molecule has 5 nitrogen and oxygen atoms in total. The summed E-state index contributed by atoms with van der Waals surface area (Å²) in [5.74, 6) is -1.12. The standard InChI is InChI=1S/C10H9BrN2O3/c1-5-7(3-12)10(16)13(4-8(14)15)6(2)9(5)11/h4H2,1-2H3,(H,14,15). The van der Waals surface area contributed by atoms with E-state index in [2.05, 4.69) is 15.9 Å². The van der Waals surface area contributed by atoms with Crippen molar-refractivity contribution in [3.8, 4) is 6.07 Å². The average Bonchev–Trinajstić information content (AvgIpc) is 2.22. The third kappa shape index (κ3) is 1.99. The first-order valence-corrected chi connectivity index (χ1v) is 5.20. The maximum atomic E-state index is 11.8. The van der Waals surface area contributed by atoms with Crippen molar-refractivity contribution in [2.75, 3.05) is 0 Å². The third-order valence-corrected chi connectivity index (χ3v) is 3.46. The Morgan fingerprint density at radius 3 is 2.56 bits per heavy atom. The van der Waals surface area contributed by atoms with E-state index in [9.17, 15) is 9.59 Å². The van der Waals surface area contributed by atoms with Crippen LogP contribution in [0.5, 0.6) is 0 Å². The average molecular weight is 285 g/mol. The van der Waals surface area contributed by atoms with E-state index in [-0.39, 0.29) is 5.56 Å². The summed E-state index contributed by atoms with van der Waals surface area (Å²) in [6, 6.07) is 1.79. The van der Waals surface area contributed by atoms with Crippen molar-refractivity contribution in [2.24, 2.45) is 0 Å². The number of pyridine rings is 1. The van der Waals surface area contributed by atoms with Crippen molar-refractivity contribution < 1.29 is 9.90 Å². The fraction of sp³-hybridized carbons (Fsp3) is 0.300. The van der Waals surface area contributed by atoms with Gasteiger partial charge in [0.25, 0.3) is 5.56 Å². The van der Waals surface area contributed by atoms with Crippen LogP contribution in [0.1, 0.15) is 16.8 Å². The highest BCUT2D eigenvalue weighted by atomic mass is 79.9. The van der Waals surface area contributed by atoms with Gasteiger partial charge in [-0.2, -0.15) is 5.26 Å². The molecule has 0 radical (unpaired) electrons. The van der Waals surface area contributed by atoms with Gasteiger partial charge in [0.15, 0.2) is 0 Å². The fourth-order valence-electron chi connectivity index (χ4n) is 1.40. The molecule has 0 spiro atoms. The number of rotatable bonds is 2. The van der Waals surface area contributed by atoms with E-state index >= 15 is 0 Å². The molecule has 1 rings (SSSR count). The van der Waals surface area contributed by atoms with Gasteiger partial charge in [-0.3, -0.25) is 14.2 Å². The van der Waals surface area contributed by atoms with Crippen LogP contribution in [0.25, 0.3) is 0 Å². The number of halogens is 1. The number of hydrogen-bond acceptors (Lipinski definition) is 3. The van der Waals surface area contributed by atoms with Gasteiger partial charge in [0.05, 0.1) is 0 Å². The van der Waals surface area contributed by atoms with Crippen LogP contribution in [0.4, 0.5) is 0 Å². The summed E-state index contributed by atoms with van der Waals surface area (Å²) in [5.41, 5.74) is 0.442. The Labute approximate surface area is 100 Å². The van der Waals surface area contributed by atoms with Gasteiger partial charge in [0.2, 0.25) is 0 Å². The molecule has 1 heterocycles. The molecule has 0 unspecified atom stereocenters. The number of carbonyl (C=O) groups is 1. The number of nitriles is 1. The van der Waals surface area contributed by atoms with Crippen LogP contribution in [-0.4, -0.2) is 15.6 Å². The molecule has 0 bridgehead atoms. The molecule has 0 aliphatic rings. The van der Waals surface area contributed by atoms with Gasteiger partial charge in [-0.15, -0.1) is 0 Å². The molecule has 0 aliphatic heterocycles. The van der Waals surface area contributed by atoms with Crippen molar-refractivity contribution in [3.05, 3.63) is 31.6 Å². The Morgan fingerprint density at radius 1 is 1.56 bits per heavy atom. The third-order valence-electron chi connectivity index (χ3n) is 2.29. The topological polar surface area (TPSA) is 83.1 Å². The van der Waals surface area contributed by atoms with E-state index < -0.39 is 18.1 Å². The molecule has 0 atom stereocenters. The van der Waals surface area contributed by atoms with E-state index in [0.717, 1.165) is 4.57 Å². The first kappa shape index (κ1) is 12.5. The molecule has 1 N–H and O–H groups in total. The Bertz CT molecular complexity index is 555. The number of aromatic nitrogens is 1. The quantitative estimate of drug-likeness (QED) is 0.884. The Hall–Kier alpha value is -1.61. The minimum Gasteiger partial charge on any atom is -0.480 e. The zero-order valence-electron chi connectivity index (χ0n) is 8.74. The lowest BCUT2D eigenvalue weighted by atomic mass is 10.1. The van der Waals surface area contributed by atoms with Gasteiger partial charge in [0.1, 0.15) is 18.2 Å². The van der Waals surface area contributed by atoms with Crippen molar-refractivity contribution >= 4 is 21.9 Å². The van der Waals surface area contributed by atoms with Gasteiger partial charge in [0, 0.05) is 10.2 Å². The minimum absolute atomic E-state index is 0.0290. The van der Waals surface area contributed by atoms with Gasteiger partial charge < -0.3 is 5.11 Å². The van der Waals surface area contributed by atoms with Crippen LogP contribution in [0.3, 0.4) is 0 Å². The Morgan fingerprint density at radius 2 is 2.12 bits per heavy atom. The SMILES string of the molecule is Cc1c(Br)c(C)n(CC(=O)O)c(=O)c1C#N. The molecular formula is C10H9BrN2O3. The van der Waals surface area contributed by atoms with E-state index in [4.69, 9.17) is 10.4 Å². The summed E-state index contributed by atoms with van der Waals surface area (Å²) in [5, 5.41) is 17.5. The van der Waals surface area contributed by atoms with Gasteiger partial charge in [-0.05, 0) is 35.3 Å². The van der Waals surface area contributed by atoms with Crippen molar-refractivity contribution in [1.82, 2.24) is 4.57 Å². The highest BCUT2D eigenvalue weighted by Crippen LogP contribution is 2.21. The molecule has 0 aromatic carbocycles. The molecule has 0 amide bonds. The normalized spacial score (nSPS) is 9.88. The molecule has 6 heteroatoms. The molecule has 0 fully saturated rings. The van der Waals surface area contributed by atoms with Crippen molar-refractivity contribution in [3.63, 3.8) is 0 Å². The lowest BCUT2D eigenvalue weighted by Gasteiger charge is -2.12. The number of aliphatic carboxylic acids is 1. The molecule has 1 aromatic heterocycles. The Kier molecular flexibility index (Phi) is 3.50. The molecule has 84 valence electrons. The van der Waals surface area contributed by atoms with E-state index in [1.807, 2.05) is 0 Å². The smallest absolute Gasteiger partial charge is 0.323 e. The summed E-state index contributed by atoms with van der Waals surface area (Å²) >= 11 is 3.24. The Balaban J connectivity index is 3.64. The molecule has 0 saturated carbocycles. The predicted molar refractivity (Wildman–Crippen MR) is 60.2 cm³/mol. The summed E-state index contributed by atoms with van der Waals surface area (Å²) in [6.07, 6.45) is 0. The van der Waals surface area contributed by atoms with Gasteiger partial charge in [-0.1, -0.05) is 0 Å². The highest BCUT2D eigenvalue weighted by molar-refractivity contribution is 9.10. The summed E-state index contributed by atoms with van der Waals surface area (Å²) in [6.45, 7) is 2.82. The van der Waals surface area contributed by atoms with Crippen LogP contribution in [0.15, 0.2) is 9.27 Å². The maximum absolute atomic E-state index is 11.8. The molecular weight excluding hydrogens is 276 g/mol. The zero-order chi connectivity index (χ0) is 12.5. The first-order valence-electron chi connectivity index (χ1n) is 4.41. The predicted octanol–water partition coefficient (Wildman–Crippen LogP) is 1.18. The summed E-state index contributed by atoms with van der Waals surface area (Å²) in [4.78, 5) is 22.4. The second kappa shape index (κ2) is 4.49. The summed E-state index contributed by atoms with van der Waals surface area (Å²) < 4.78 is 1.66. The second-order valence-corrected chi connectivity index (χ2v) is 4.09. The van der Waals surface area contributed by atoms with Gasteiger partial charge >= 0.3 is 5.97 Å². The first-order chi connectivity index (χ1) is 7.40. The molecule has 0 aliphatic carbocycles. The fourth-order valence-corrected chi connectivity index (χ4v) is 1.82. The molecule has 0 saturated heterocycles. The van der Waals surface area contributed by atoms with Crippen molar-refractivity contribution in [1.29, 1.82) is 5.26 Å². The summed E-state index contributed by atoms with van der Waals surface area (Å²) in [7, 11) is 0. The van der Waals surface area contributed by atoms with Crippen LogP contribution >= 0.6 is 15.9 Å².